The Bertz CT molecular complexity index is 547. The molecule has 20 heavy (non-hydrogen) atoms. The molecule has 0 fully saturated rings. The van der Waals surface area contributed by atoms with Gasteiger partial charge in [0.2, 0.25) is 0 Å². The quantitative estimate of drug-likeness (QED) is 0.837. The van der Waals surface area contributed by atoms with Gasteiger partial charge in [-0.15, -0.1) is 0 Å². The number of methoxy groups -OCH3 is 1. The van der Waals surface area contributed by atoms with Crippen LogP contribution in [0.3, 0.4) is 0 Å². The van der Waals surface area contributed by atoms with Crippen LogP contribution in [-0.2, 0) is 19.2 Å². The Kier molecular flexibility index (Phi) is 4.42. The number of nitrogens with zero attached hydrogens (tertiary/aromatic N) is 2. The van der Waals surface area contributed by atoms with E-state index in [2.05, 4.69) is 10.4 Å². The molecule has 0 spiro atoms. The summed E-state index contributed by atoms with van der Waals surface area (Å²) in [5.74, 6) is 0.844. The first-order valence-electron chi connectivity index (χ1n) is 6.56. The van der Waals surface area contributed by atoms with Gasteiger partial charge in [-0.1, -0.05) is 12.1 Å². The standard InChI is InChI=1S/C15H21N3O2/c1-15(19,13-9-17-18(2)10-13)11-16-8-12-4-6-14(20-3)7-5-12/h4-7,9-10,16,19H,8,11H2,1-3H3. The van der Waals surface area contributed by atoms with Crippen molar-refractivity contribution in [2.75, 3.05) is 13.7 Å². The molecule has 0 aliphatic carbocycles. The predicted octanol–water partition coefficient (Wildman–Crippen LogP) is 1.43. The summed E-state index contributed by atoms with van der Waals surface area (Å²) in [7, 11) is 3.49. The van der Waals surface area contributed by atoms with Gasteiger partial charge in [0.1, 0.15) is 11.4 Å². The molecule has 1 aromatic carbocycles. The van der Waals surface area contributed by atoms with Crippen LogP contribution in [0.25, 0.3) is 0 Å². The van der Waals surface area contributed by atoms with Gasteiger partial charge in [-0.3, -0.25) is 4.68 Å². The van der Waals surface area contributed by atoms with Crippen LogP contribution in [0.4, 0.5) is 0 Å². The zero-order chi connectivity index (χ0) is 14.6. The molecule has 108 valence electrons. The summed E-state index contributed by atoms with van der Waals surface area (Å²) in [5, 5.41) is 17.8. The highest BCUT2D eigenvalue weighted by Crippen LogP contribution is 2.18. The fraction of sp³-hybridized carbons (Fsp3) is 0.400. The van der Waals surface area contributed by atoms with E-state index in [1.165, 1.54) is 0 Å². The molecule has 0 aliphatic heterocycles. The molecule has 0 saturated carbocycles. The molecule has 0 saturated heterocycles. The van der Waals surface area contributed by atoms with Crippen LogP contribution in [0.2, 0.25) is 0 Å². The van der Waals surface area contributed by atoms with Crippen molar-refractivity contribution < 1.29 is 9.84 Å². The van der Waals surface area contributed by atoms with Gasteiger partial charge in [-0.25, -0.2) is 0 Å². The maximum Gasteiger partial charge on any atom is 0.118 e. The summed E-state index contributed by atoms with van der Waals surface area (Å²) < 4.78 is 6.81. The molecule has 1 heterocycles. The van der Waals surface area contributed by atoms with Gasteiger partial charge < -0.3 is 15.2 Å². The Labute approximate surface area is 119 Å². The number of aryl methyl sites for hydroxylation is 1. The monoisotopic (exact) mass is 275 g/mol. The Morgan fingerprint density at radius 2 is 2.05 bits per heavy atom. The first-order chi connectivity index (χ1) is 9.51. The zero-order valence-electron chi connectivity index (χ0n) is 12.1. The Morgan fingerprint density at radius 3 is 2.60 bits per heavy atom. The highest BCUT2D eigenvalue weighted by molar-refractivity contribution is 5.27. The van der Waals surface area contributed by atoms with Crippen molar-refractivity contribution in [3.63, 3.8) is 0 Å². The summed E-state index contributed by atoms with van der Waals surface area (Å²) in [5.41, 5.74) is 1.02. The number of aliphatic hydroxyl groups is 1. The second kappa shape index (κ2) is 6.07. The van der Waals surface area contributed by atoms with Gasteiger partial charge >= 0.3 is 0 Å². The minimum absolute atomic E-state index is 0.463. The number of nitrogens with one attached hydrogen (secondary N) is 1. The highest BCUT2D eigenvalue weighted by atomic mass is 16.5. The minimum Gasteiger partial charge on any atom is -0.497 e. The van der Waals surface area contributed by atoms with Crippen LogP contribution in [-0.4, -0.2) is 28.5 Å². The molecule has 2 aromatic rings. The SMILES string of the molecule is COc1ccc(CNCC(C)(O)c2cnn(C)c2)cc1. The molecule has 2 rings (SSSR count). The van der Waals surface area contributed by atoms with Crippen molar-refractivity contribution in [3.05, 3.63) is 47.8 Å². The summed E-state index contributed by atoms with van der Waals surface area (Å²) in [6.07, 6.45) is 3.52. The molecule has 0 radical (unpaired) electrons. The van der Waals surface area contributed by atoms with Gasteiger partial charge in [-0.2, -0.15) is 5.10 Å². The lowest BCUT2D eigenvalue weighted by Crippen LogP contribution is -2.34. The van der Waals surface area contributed by atoms with Crippen LogP contribution in [0, 0.1) is 0 Å². The van der Waals surface area contributed by atoms with Gasteiger partial charge in [0, 0.05) is 31.9 Å². The first-order valence-corrected chi connectivity index (χ1v) is 6.56. The van der Waals surface area contributed by atoms with E-state index in [0.717, 1.165) is 16.9 Å². The van der Waals surface area contributed by atoms with E-state index in [9.17, 15) is 5.11 Å². The smallest absolute Gasteiger partial charge is 0.118 e. The molecule has 0 bridgehead atoms. The summed E-state index contributed by atoms with van der Waals surface area (Å²) in [4.78, 5) is 0. The van der Waals surface area contributed by atoms with Crippen molar-refractivity contribution >= 4 is 0 Å². The van der Waals surface area contributed by atoms with E-state index in [4.69, 9.17) is 4.74 Å². The second-order valence-electron chi connectivity index (χ2n) is 5.13. The van der Waals surface area contributed by atoms with Crippen LogP contribution >= 0.6 is 0 Å². The molecule has 5 nitrogen and oxygen atoms in total. The van der Waals surface area contributed by atoms with Crippen LogP contribution < -0.4 is 10.1 Å². The molecule has 0 amide bonds. The minimum atomic E-state index is -0.930. The third-order valence-electron chi connectivity index (χ3n) is 3.28. The number of aromatic nitrogens is 2. The summed E-state index contributed by atoms with van der Waals surface area (Å²) in [6, 6.07) is 7.86. The number of benzene rings is 1. The molecule has 0 aliphatic rings. The molecule has 1 atom stereocenters. The van der Waals surface area contributed by atoms with Crippen molar-refractivity contribution in [1.29, 1.82) is 0 Å². The zero-order valence-corrected chi connectivity index (χ0v) is 12.1. The first kappa shape index (κ1) is 14.6. The van der Waals surface area contributed by atoms with Crippen molar-refractivity contribution in [3.8, 4) is 5.75 Å². The Hall–Kier alpha value is -1.85. The van der Waals surface area contributed by atoms with Crippen molar-refractivity contribution in [2.45, 2.75) is 19.1 Å². The number of hydrogen-bond acceptors (Lipinski definition) is 4. The maximum atomic E-state index is 10.4. The van der Waals surface area contributed by atoms with E-state index in [0.29, 0.717) is 13.1 Å². The molecule has 5 heteroatoms. The van der Waals surface area contributed by atoms with Crippen LogP contribution in [0.5, 0.6) is 5.75 Å². The lowest BCUT2D eigenvalue weighted by atomic mass is 9.99. The number of ether oxygens (including phenoxy) is 1. The fourth-order valence-electron chi connectivity index (χ4n) is 2.00. The predicted molar refractivity (Wildman–Crippen MR) is 77.5 cm³/mol. The third-order valence-corrected chi connectivity index (χ3v) is 3.28. The largest absolute Gasteiger partial charge is 0.497 e. The van der Waals surface area contributed by atoms with Crippen LogP contribution in [0.15, 0.2) is 36.7 Å². The third kappa shape index (κ3) is 3.59. The lowest BCUT2D eigenvalue weighted by Gasteiger charge is -2.22. The van der Waals surface area contributed by atoms with E-state index >= 15 is 0 Å². The Balaban J connectivity index is 1.88. The average molecular weight is 275 g/mol. The van der Waals surface area contributed by atoms with Crippen molar-refractivity contribution in [2.24, 2.45) is 7.05 Å². The van der Waals surface area contributed by atoms with Crippen molar-refractivity contribution in [1.82, 2.24) is 15.1 Å². The average Bonchev–Trinajstić information content (AvgIpc) is 2.87. The van der Waals surface area contributed by atoms with Crippen LogP contribution in [0.1, 0.15) is 18.1 Å². The van der Waals surface area contributed by atoms with E-state index in [1.54, 1.807) is 24.9 Å². The van der Waals surface area contributed by atoms with E-state index < -0.39 is 5.60 Å². The van der Waals surface area contributed by atoms with Gasteiger partial charge in [0.25, 0.3) is 0 Å². The lowest BCUT2D eigenvalue weighted by molar-refractivity contribution is 0.0566. The number of rotatable bonds is 6. The topological polar surface area (TPSA) is 59.3 Å². The highest BCUT2D eigenvalue weighted by Gasteiger charge is 2.23. The van der Waals surface area contributed by atoms with E-state index in [-0.39, 0.29) is 0 Å². The second-order valence-corrected chi connectivity index (χ2v) is 5.13. The van der Waals surface area contributed by atoms with Gasteiger partial charge in [0.05, 0.1) is 13.3 Å². The normalized spacial score (nSPS) is 14.0. The van der Waals surface area contributed by atoms with E-state index in [1.807, 2.05) is 37.5 Å². The molecule has 1 aromatic heterocycles. The molecular formula is C15H21N3O2. The summed E-state index contributed by atoms with van der Waals surface area (Å²) >= 11 is 0. The number of hydrogen-bond donors (Lipinski definition) is 2. The van der Waals surface area contributed by atoms with Gasteiger partial charge in [0.15, 0.2) is 0 Å². The molecular weight excluding hydrogens is 254 g/mol. The molecule has 2 N–H and O–H groups in total. The Morgan fingerprint density at radius 1 is 1.35 bits per heavy atom. The fourth-order valence-corrected chi connectivity index (χ4v) is 2.00. The summed E-state index contributed by atoms with van der Waals surface area (Å²) in [6.45, 7) is 2.94. The molecule has 1 unspecified atom stereocenters. The maximum absolute atomic E-state index is 10.4. The van der Waals surface area contributed by atoms with Gasteiger partial charge in [-0.05, 0) is 24.6 Å².